The van der Waals surface area contributed by atoms with Crippen molar-refractivity contribution in [2.24, 2.45) is 0 Å². The first-order chi connectivity index (χ1) is 9.24. The van der Waals surface area contributed by atoms with Gasteiger partial charge in [0.1, 0.15) is 11.7 Å². The van der Waals surface area contributed by atoms with Crippen LogP contribution < -0.4 is 4.74 Å². The minimum Gasteiger partial charge on any atom is -0.497 e. The Balaban J connectivity index is 2.05. The summed E-state index contributed by atoms with van der Waals surface area (Å²) in [4.78, 5) is 12.2. The van der Waals surface area contributed by atoms with Crippen LogP contribution in [0.5, 0.6) is 5.75 Å². The van der Waals surface area contributed by atoms with Crippen LogP contribution in [0.4, 0.5) is 0 Å². The first-order valence-corrected chi connectivity index (χ1v) is 6.42. The number of benzene rings is 1. The zero-order chi connectivity index (χ0) is 13.7. The fourth-order valence-electron chi connectivity index (χ4n) is 2.28. The molecule has 1 aliphatic heterocycles. The fraction of sp³-hybridized carbons (Fsp3) is 0.467. The standard InChI is InChI=1S/C15H17NO3/c1-18-12-6-4-11(5-7-12)14(10-16)15(17)9-13-3-2-8-19-13/h4-7,13-14H,2-3,8-9H2,1H3. The second kappa shape index (κ2) is 6.35. The van der Waals surface area contributed by atoms with E-state index in [4.69, 9.17) is 9.47 Å². The number of rotatable bonds is 5. The van der Waals surface area contributed by atoms with Crippen LogP contribution in [0.25, 0.3) is 0 Å². The molecule has 0 amide bonds. The Morgan fingerprint density at radius 3 is 2.79 bits per heavy atom. The predicted octanol–water partition coefficient (Wildman–Crippen LogP) is 2.44. The lowest BCUT2D eigenvalue weighted by Gasteiger charge is -2.12. The highest BCUT2D eigenvalue weighted by atomic mass is 16.5. The summed E-state index contributed by atoms with van der Waals surface area (Å²) < 4.78 is 10.5. The van der Waals surface area contributed by atoms with Gasteiger partial charge in [-0.25, -0.2) is 0 Å². The number of hydrogen-bond acceptors (Lipinski definition) is 4. The molecule has 0 aromatic heterocycles. The molecule has 0 bridgehead atoms. The van der Waals surface area contributed by atoms with Crippen LogP contribution in [0, 0.1) is 11.3 Å². The molecule has 2 unspecified atom stereocenters. The summed E-state index contributed by atoms with van der Waals surface area (Å²) in [6, 6.07) is 9.14. The van der Waals surface area contributed by atoms with Crippen molar-refractivity contribution in [2.45, 2.75) is 31.3 Å². The van der Waals surface area contributed by atoms with Gasteiger partial charge in [0.25, 0.3) is 0 Å². The van der Waals surface area contributed by atoms with Gasteiger partial charge in [0.05, 0.1) is 19.3 Å². The topological polar surface area (TPSA) is 59.3 Å². The van der Waals surface area contributed by atoms with Gasteiger partial charge in [-0.05, 0) is 30.5 Å². The second-order valence-corrected chi connectivity index (χ2v) is 4.64. The summed E-state index contributed by atoms with van der Waals surface area (Å²) in [6.07, 6.45) is 2.22. The summed E-state index contributed by atoms with van der Waals surface area (Å²) in [5.41, 5.74) is 0.714. The molecule has 4 heteroatoms. The Kier molecular flexibility index (Phi) is 4.53. The van der Waals surface area contributed by atoms with Gasteiger partial charge in [0.2, 0.25) is 0 Å². The van der Waals surface area contributed by atoms with E-state index in [1.54, 1.807) is 31.4 Å². The molecule has 1 heterocycles. The smallest absolute Gasteiger partial charge is 0.157 e. The highest BCUT2D eigenvalue weighted by Gasteiger charge is 2.25. The molecular formula is C15H17NO3. The van der Waals surface area contributed by atoms with Crippen molar-refractivity contribution in [1.29, 1.82) is 5.26 Å². The molecule has 1 fully saturated rings. The van der Waals surface area contributed by atoms with E-state index >= 15 is 0 Å². The lowest BCUT2D eigenvalue weighted by atomic mass is 9.92. The van der Waals surface area contributed by atoms with Crippen LogP contribution in [-0.4, -0.2) is 25.6 Å². The summed E-state index contributed by atoms with van der Waals surface area (Å²) in [7, 11) is 1.58. The quantitative estimate of drug-likeness (QED) is 0.815. The number of nitriles is 1. The van der Waals surface area contributed by atoms with Crippen molar-refractivity contribution in [2.75, 3.05) is 13.7 Å². The molecule has 0 spiro atoms. The Hall–Kier alpha value is -1.86. The van der Waals surface area contributed by atoms with Gasteiger partial charge in [0.15, 0.2) is 5.78 Å². The molecule has 1 aromatic carbocycles. The van der Waals surface area contributed by atoms with E-state index in [9.17, 15) is 10.1 Å². The average Bonchev–Trinajstić information content (AvgIpc) is 2.93. The molecular weight excluding hydrogens is 242 g/mol. The normalized spacial score (nSPS) is 19.7. The van der Waals surface area contributed by atoms with E-state index in [0.717, 1.165) is 19.4 Å². The number of ether oxygens (including phenoxy) is 2. The first kappa shape index (κ1) is 13.6. The molecule has 0 radical (unpaired) electrons. The van der Waals surface area contributed by atoms with Crippen molar-refractivity contribution in [3.63, 3.8) is 0 Å². The zero-order valence-corrected chi connectivity index (χ0v) is 11.0. The van der Waals surface area contributed by atoms with E-state index in [2.05, 4.69) is 6.07 Å². The van der Waals surface area contributed by atoms with E-state index in [0.29, 0.717) is 17.7 Å². The summed E-state index contributed by atoms with van der Waals surface area (Å²) in [5, 5.41) is 9.21. The first-order valence-electron chi connectivity index (χ1n) is 6.42. The number of carbonyl (C=O) groups excluding carboxylic acids is 1. The molecule has 0 saturated carbocycles. The molecule has 0 aliphatic carbocycles. The van der Waals surface area contributed by atoms with Crippen molar-refractivity contribution >= 4 is 5.78 Å². The molecule has 1 aliphatic rings. The Bertz CT molecular complexity index is 469. The predicted molar refractivity (Wildman–Crippen MR) is 69.9 cm³/mol. The lowest BCUT2D eigenvalue weighted by molar-refractivity contribution is -0.121. The summed E-state index contributed by atoms with van der Waals surface area (Å²) in [5.74, 6) is -0.0679. The molecule has 4 nitrogen and oxygen atoms in total. The zero-order valence-electron chi connectivity index (χ0n) is 11.0. The molecule has 1 aromatic rings. The number of Topliss-reactive ketones (excluding diaryl/α,β-unsaturated/α-hetero) is 1. The maximum atomic E-state index is 12.2. The SMILES string of the molecule is COc1ccc(C(C#N)C(=O)CC2CCCO2)cc1. The maximum Gasteiger partial charge on any atom is 0.157 e. The fourth-order valence-corrected chi connectivity index (χ4v) is 2.28. The van der Waals surface area contributed by atoms with Gasteiger partial charge in [-0.1, -0.05) is 12.1 Å². The minimum atomic E-state index is -0.713. The lowest BCUT2D eigenvalue weighted by Crippen LogP contribution is -2.18. The van der Waals surface area contributed by atoms with E-state index in [1.165, 1.54) is 0 Å². The highest BCUT2D eigenvalue weighted by molar-refractivity contribution is 5.88. The van der Waals surface area contributed by atoms with Crippen LogP contribution in [0.3, 0.4) is 0 Å². The third kappa shape index (κ3) is 3.33. The number of hydrogen-bond donors (Lipinski definition) is 0. The molecule has 1 saturated heterocycles. The van der Waals surface area contributed by atoms with Crippen LogP contribution in [0.2, 0.25) is 0 Å². The second-order valence-electron chi connectivity index (χ2n) is 4.64. The van der Waals surface area contributed by atoms with Crippen molar-refractivity contribution in [3.8, 4) is 11.8 Å². The van der Waals surface area contributed by atoms with Gasteiger partial charge in [0, 0.05) is 13.0 Å². The Morgan fingerprint density at radius 2 is 2.26 bits per heavy atom. The van der Waals surface area contributed by atoms with E-state index < -0.39 is 5.92 Å². The third-order valence-corrected chi connectivity index (χ3v) is 3.35. The molecule has 2 atom stereocenters. The molecule has 100 valence electrons. The van der Waals surface area contributed by atoms with Crippen molar-refractivity contribution < 1.29 is 14.3 Å². The summed E-state index contributed by atoms with van der Waals surface area (Å²) in [6.45, 7) is 0.720. The van der Waals surface area contributed by atoms with Crippen molar-refractivity contribution in [1.82, 2.24) is 0 Å². The number of nitrogens with zero attached hydrogens (tertiary/aromatic N) is 1. The van der Waals surface area contributed by atoms with Gasteiger partial charge >= 0.3 is 0 Å². The maximum absolute atomic E-state index is 12.2. The molecule has 2 rings (SSSR count). The van der Waals surface area contributed by atoms with Gasteiger partial charge < -0.3 is 9.47 Å². The number of ketones is 1. The monoisotopic (exact) mass is 259 g/mol. The van der Waals surface area contributed by atoms with Crippen LogP contribution >= 0.6 is 0 Å². The number of methoxy groups -OCH3 is 1. The van der Waals surface area contributed by atoms with Gasteiger partial charge in [-0.2, -0.15) is 5.26 Å². The van der Waals surface area contributed by atoms with E-state index in [-0.39, 0.29) is 11.9 Å². The largest absolute Gasteiger partial charge is 0.497 e. The van der Waals surface area contributed by atoms with Crippen LogP contribution in [0.15, 0.2) is 24.3 Å². The Morgan fingerprint density at radius 1 is 1.53 bits per heavy atom. The van der Waals surface area contributed by atoms with Crippen LogP contribution in [0.1, 0.15) is 30.7 Å². The van der Waals surface area contributed by atoms with Gasteiger partial charge in [-0.15, -0.1) is 0 Å². The summed E-state index contributed by atoms with van der Waals surface area (Å²) >= 11 is 0. The third-order valence-electron chi connectivity index (χ3n) is 3.35. The average molecular weight is 259 g/mol. The minimum absolute atomic E-state index is 0.0124. The number of carbonyl (C=O) groups is 1. The van der Waals surface area contributed by atoms with Crippen LogP contribution in [-0.2, 0) is 9.53 Å². The highest BCUT2D eigenvalue weighted by Crippen LogP contribution is 2.24. The van der Waals surface area contributed by atoms with Crippen molar-refractivity contribution in [3.05, 3.63) is 29.8 Å². The van der Waals surface area contributed by atoms with Gasteiger partial charge in [-0.3, -0.25) is 4.79 Å². The molecule has 19 heavy (non-hydrogen) atoms. The molecule has 0 N–H and O–H groups in total. The Labute approximate surface area is 112 Å². The van der Waals surface area contributed by atoms with E-state index in [1.807, 2.05) is 0 Å².